The smallest absolute Gasteiger partial charge is 0.341 e. The molecule has 168 valence electrons. The van der Waals surface area contributed by atoms with Gasteiger partial charge in [0.15, 0.2) is 0 Å². The first-order chi connectivity index (χ1) is 15.3. The minimum atomic E-state index is -0.433. The van der Waals surface area contributed by atoms with Crippen LogP contribution in [0.1, 0.15) is 60.3 Å². The molecule has 1 N–H and O–H groups in total. The Hall–Kier alpha value is -3.05. The van der Waals surface area contributed by atoms with Crippen molar-refractivity contribution < 1.29 is 19.2 Å². The summed E-state index contributed by atoms with van der Waals surface area (Å²) in [5, 5.41) is 20.7. The van der Waals surface area contributed by atoms with E-state index in [1.807, 2.05) is 5.38 Å². The van der Waals surface area contributed by atoms with Gasteiger partial charge in [0.1, 0.15) is 16.4 Å². The number of hydrogen-bond donors (Lipinski definition) is 1. The maximum absolute atomic E-state index is 12.9. The second-order valence-electron chi connectivity index (χ2n) is 7.61. The standard InChI is InChI=1S/C21H22N4O5S2/c1-11-18(25(28)29)12(2)24(23-11)9-13-8-16(31-10-13)19(26)22-20-17(21(27)30-3)14-6-4-5-7-15(14)32-20/h8,10H,4-7,9H2,1-3H3,(H,22,26). The molecule has 0 bridgehead atoms. The third kappa shape index (κ3) is 4.05. The van der Waals surface area contributed by atoms with Gasteiger partial charge in [-0.3, -0.25) is 19.6 Å². The van der Waals surface area contributed by atoms with Crippen molar-refractivity contribution in [1.29, 1.82) is 0 Å². The zero-order valence-corrected chi connectivity index (χ0v) is 19.5. The number of rotatable bonds is 6. The quantitative estimate of drug-likeness (QED) is 0.319. The molecular formula is C21H22N4O5S2. The van der Waals surface area contributed by atoms with Crippen LogP contribution in [0.4, 0.5) is 10.7 Å². The van der Waals surface area contributed by atoms with Gasteiger partial charge in [0.05, 0.1) is 29.0 Å². The highest BCUT2D eigenvalue weighted by atomic mass is 32.1. The second-order valence-corrected chi connectivity index (χ2v) is 9.63. The highest BCUT2D eigenvalue weighted by Gasteiger charge is 2.27. The van der Waals surface area contributed by atoms with Crippen LogP contribution in [0.2, 0.25) is 0 Å². The summed E-state index contributed by atoms with van der Waals surface area (Å²) < 4.78 is 6.53. The van der Waals surface area contributed by atoms with Crippen LogP contribution in [-0.4, -0.2) is 33.7 Å². The number of nitrogens with one attached hydrogen (secondary N) is 1. The minimum Gasteiger partial charge on any atom is -0.465 e. The summed E-state index contributed by atoms with van der Waals surface area (Å²) in [4.78, 5) is 37.7. The fourth-order valence-corrected chi connectivity index (χ4v) is 6.06. The zero-order valence-electron chi connectivity index (χ0n) is 17.9. The molecule has 0 saturated heterocycles. The SMILES string of the molecule is COC(=O)c1c(NC(=O)c2cc(Cn3nc(C)c([N+](=O)[O-])c3C)cs2)sc2c1CCCC2. The number of hydrogen-bond acceptors (Lipinski definition) is 8. The van der Waals surface area contributed by atoms with Crippen molar-refractivity contribution in [3.8, 4) is 0 Å². The number of carbonyl (C=O) groups is 2. The number of carbonyl (C=O) groups excluding carboxylic acids is 2. The van der Waals surface area contributed by atoms with Crippen molar-refractivity contribution in [3.63, 3.8) is 0 Å². The van der Waals surface area contributed by atoms with E-state index in [4.69, 9.17) is 4.74 Å². The van der Waals surface area contributed by atoms with E-state index in [0.29, 0.717) is 33.4 Å². The van der Waals surface area contributed by atoms with E-state index in [1.165, 1.54) is 29.8 Å². The number of ether oxygens (including phenoxy) is 1. The Morgan fingerprint density at radius 2 is 2.06 bits per heavy atom. The number of nitrogens with zero attached hydrogens (tertiary/aromatic N) is 3. The van der Waals surface area contributed by atoms with Gasteiger partial charge in [0.2, 0.25) is 0 Å². The molecule has 9 nitrogen and oxygen atoms in total. The molecule has 3 aromatic heterocycles. The highest BCUT2D eigenvalue weighted by Crippen LogP contribution is 2.39. The van der Waals surface area contributed by atoms with Gasteiger partial charge in [0.25, 0.3) is 5.91 Å². The van der Waals surface area contributed by atoms with E-state index >= 15 is 0 Å². The molecule has 1 aliphatic carbocycles. The summed E-state index contributed by atoms with van der Waals surface area (Å²) in [6.45, 7) is 3.59. The maximum Gasteiger partial charge on any atom is 0.341 e. The van der Waals surface area contributed by atoms with Crippen LogP contribution in [0.3, 0.4) is 0 Å². The Bertz CT molecular complexity index is 1220. The van der Waals surface area contributed by atoms with Gasteiger partial charge in [-0.1, -0.05) is 0 Å². The topological polar surface area (TPSA) is 116 Å². The van der Waals surface area contributed by atoms with Gasteiger partial charge >= 0.3 is 11.7 Å². The molecule has 4 rings (SSSR count). The second kappa shape index (κ2) is 8.83. The van der Waals surface area contributed by atoms with Crippen LogP contribution in [0.15, 0.2) is 11.4 Å². The molecule has 0 aromatic carbocycles. The molecule has 0 unspecified atom stereocenters. The Morgan fingerprint density at radius 3 is 2.75 bits per heavy atom. The lowest BCUT2D eigenvalue weighted by atomic mass is 9.95. The van der Waals surface area contributed by atoms with Gasteiger partial charge < -0.3 is 10.1 Å². The van der Waals surface area contributed by atoms with Gasteiger partial charge in [-0.15, -0.1) is 22.7 Å². The number of methoxy groups -OCH3 is 1. The van der Waals surface area contributed by atoms with Crippen molar-refractivity contribution in [2.75, 3.05) is 12.4 Å². The lowest BCUT2D eigenvalue weighted by Crippen LogP contribution is -2.14. The molecule has 0 radical (unpaired) electrons. The molecule has 3 heterocycles. The average molecular weight is 475 g/mol. The van der Waals surface area contributed by atoms with Gasteiger partial charge in [-0.05, 0) is 62.1 Å². The number of anilines is 1. The average Bonchev–Trinajstić information content (AvgIpc) is 3.43. The predicted molar refractivity (Wildman–Crippen MR) is 122 cm³/mol. The number of esters is 1. The summed E-state index contributed by atoms with van der Waals surface area (Å²) in [5.74, 6) is -0.734. The van der Waals surface area contributed by atoms with Crippen molar-refractivity contribution >= 4 is 45.2 Å². The largest absolute Gasteiger partial charge is 0.465 e. The lowest BCUT2D eigenvalue weighted by molar-refractivity contribution is -0.386. The van der Waals surface area contributed by atoms with E-state index in [2.05, 4.69) is 10.4 Å². The van der Waals surface area contributed by atoms with Crippen molar-refractivity contribution in [1.82, 2.24) is 9.78 Å². The number of aromatic nitrogens is 2. The predicted octanol–water partition coefficient (Wildman–Crippen LogP) is 4.50. The van der Waals surface area contributed by atoms with Crippen LogP contribution in [0.25, 0.3) is 0 Å². The zero-order chi connectivity index (χ0) is 23.0. The third-order valence-corrected chi connectivity index (χ3v) is 7.71. The first-order valence-corrected chi connectivity index (χ1v) is 11.8. The Labute approximate surface area is 192 Å². The van der Waals surface area contributed by atoms with Crippen LogP contribution < -0.4 is 5.32 Å². The number of aryl methyl sites for hydroxylation is 2. The molecule has 11 heteroatoms. The monoisotopic (exact) mass is 474 g/mol. The number of nitro groups is 1. The van der Waals surface area contributed by atoms with E-state index in [9.17, 15) is 19.7 Å². The normalized spacial score (nSPS) is 13.0. The maximum atomic E-state index is 12.9. The molecule has 0 saturated carbocycles. The minimum absolute atomic E-state index is 0.00944. The number of thiophene rings is 2. The molecule has 1 aliphatic rings. The first kappa shape index (κ1) is 22.2. The van der Waals surface area contributed by atoms with E-state index in [-0.39, 0.29) is 11.6 Å². The fourth-order valence-electron chi connectivity index (χ4n) is 3.99. The van der Waals surface area contributed by atoms with Gasteiger partial charge in [-0.2, -0.15) is 5.10 Å². The Morgan fingerprint density at radius 1 is 1.31 bits per heavy atom. The van der Waals surface area contributed by atoms with Gasteiger partial charge in [0, 0.05) is 4.88 Å². The van der Waals surface area contributed by atoms with E-state index in [1.54, 1.807) is 24.6 Å². The van der Waals surface area contributed by atoms with Crippen LogP contribution in [0, 0.1) is 24.0 Å². The Kier molecular flexibility index (Phi) is 6.11. The molecule has 0 aliphatic heterocycles. The summed E-state index contributed by atoms with van der Waals surface area (Å²) in [6, 6.07) is 1.74. The molecular weight excluding hydrogens is 452 g/mol. The summed E-state index contributed by atoms with van der Waals surface area (Å²) in [6.07, 6.45) is 3.79. The van der Waals surface area contributed by atoms with Crippen molar-refractivity contribution in [2.24, 2.45) is 0 Å². The Balaban J connectivity index is 1.54. The third-order valence-electron chi connectivity index (χ3n) is 5.52. The molecule has 1 amide bonds. The van der Waals surface area contributed by atoms with Crippen molar-refractivity contribution in [2.45, 2.75) is 46.1 Å². The fraction of sp³-hybridized carbons (Fsp3) is 0.381. The van der Waals surface area contributed by atoms with Crippen LogP contribution >= 0.6 is 22.7 Å². The number of amides is 1. The molecule has 32 heavy (non-hydrogen) atoms. The van der Waals surface area contributed by atoms with Crippen LogP contribution in [-0.2, 0) is 24.1 Å². The summed E-state index contributed by atoms with van der Waals surface area (Å²) in [7, 11) is 1.34. The summed E-state index contributed by atoms with van der Waals surface area (Å²) in [5.41, 5.74) is 3.11. The lowest BCUT2D eigenvalue weighted by Gasteiger charge is -2.11. The molecule has 0 spiro atoms. The van der Waals surface area contributed by atoms with Crippen molar-refractivity contribution in [3.05, 3.63) is 59.4 Å². The van der Waals surface area contributed by atoms with E-state index < -0.39 is 10.9 Å². The van der Waals surface area contributed by atoms with Gasteiger partial charge in [-0.25, -0.2) is 4.79 Å². The first-order valence-electron chi connectivity index (χ1n) is 10.1. The molecule has 0 fully saturated rings. The number of fused-ring (bicyclic) bond motifs is 1. The highest BCUT2D eigenvalue weighted by molar-refractivity contribution is 7.17. The molecule has 3 aromatic rings. The van der Waals surface area contributed by atoms with Crippen LogP contribution in [0.5, 0.6) is 0 Å². The summed E-state index contributed by atoms with van der Waals surface area (Å²) >= 11 is 2.72. The van der Waals surface area contributed by atoms with E-state index in [0.717, 1.165) is 41.7 Å². The molecule has 0 atom stereocenters.